The predicted octanol–water partition coefficient (Wildman–Crippen LogP) is 3.86. The molecule has 20 heavy (non-hydrogen) atoms. The van der Waals surface area contributed by atoms with Crippen LogP contribution in [0, 0.1) is 5.82 Å². The molecule has 0 spiro atoms. The van der Waals surface area contributed by atoms with E-state index in [4.69, 9.17) is 4.74 Å². The van der Waals surface area contributed by atoms with E-state index < -0.39 is 11.7 Å². The van der Waals surface area contributed by atoms with Gasteiger partial charge in [-0.1, -0.05) is 43.9 Å². The Kier molecular flexibility index (Phi) is 5.55. The van der Waals surface area contributed by atoms with Crippen molar-refractivity contribution in [1.29, 1.82) is 0 Å². The molecule has 0 heterocycles. The minimum atomic E-state index is -0.641. The summed E-state index contributed by atoms with van der Waals surface area (Å²) in [7, 11) is 0. The van der Waals surface area contributed by atoms with Gasteiger partial charge in [0.05, 0.1) is 11.7 Å². The van der Waals surface area contributed by atoms with Crippen LogP contribution in [0.4, 0.5) is 4.39 Å². The van der Waals surface area contributed by atoms with E-state index in [2.05, 4.69) is 0 Å². The highest BCUT2D eigenvalue weighted by atomic mass is 19.1. The number of benzene rings is 1. The molecule has 0 saturated heterocycles. The molecule has 2 nitrogen and oxygen atoms in total. The van der Waals surface area contributed by atoms with Gasteiger partial charge in [-0.3, -0.25) is 0 Å². The van der Waals surface area contributed by atoms with Crippen molar-refractivity contribution in [3.05, 3.63) is 35.6 Å². The maximum Gasteiger partial charge on any atom is 0.126 e. The number of aliphatic hydroxyl groups excluding tert-OH is 1. The Morgan fingerprint density at radius 1 is 1.20 bits per heavy atom. The van der Waals surface area contributed by atoms with E-state index in [0.29, 0.717) is 18.6 Å². The molecule has 0 bridgehead atoms. The van der Waals surface area contributed by atoms with E-state index in [-0.39, 0.29) is 5.82 Å². The van der Waals surface area contributed by atoms with Gasteiger partial charge in [-0.05, 0) is 31.4 Å². The van der Waals surface area contributed by atoms with Gasteiger partial charge in [-0.2, -0.15) is 0 Å². The molecule has 1 fully saturated rings. The van der Waals surface area contributed by atoms with Crippen LogP contribution >= 0.6 is 0 Å². The lowest BCUT2D eigenvalue weighted by molar-refractivity contribution is -0.128. The zero-order valence-corrected chi connectivity index (χ0v) is 12.3. The van der Waals surface area contributed by atoms with Crippen LogP contribution in [0.15, 0.2) is 24.3 Å². The fourth-order valence-electron chi connectivity index (χ4n) is 3.25. The topological polar surface area (TPSA) is 29.5 Å². The molecule has 3 heteroatoms. The average Bonchev–Trinajstić information content (AvgIpc) is 2.68. The van der Waals surface area contributed by atoms with Gasteiger partial charge in [0, 0.05) is 13.0 Å². The molecule has 1 saturated carbocycles. The van der Waals surface area contributed by atoms with Gasteiger partial charge in [0.25, 0.3) is 0 Å². The maximum atomic E-state index is 13.8. The zero-order chi connectivity index (χ0) is 14.4. The smallest absolute Gasteiger partial charge is 0.126 e. The molecule has 2 rings (SSSR count). The third-order valence-corrected chi connectivity index (χ3v) is 4.36. The van der Waals surface area contributed by atoms with Gasteiger partial charge in [-0.25, -0.2) is 4.39 Å². The number of rotatable bonds is 5. The molecule has 1 atom stereocenters. The molecular formula is C17H25FO2. The summed E-state index contributed by atoms with van der Waals surface area (Å²) >= 11 is 0. The van der Waals surface area contributed by atoms with E-state index in [1.807, 2.05) is 13.0 Å². The fraction of sp³-hybridized carbons (Fsp3) is 0.647. The first-order valence-electron chi connectivity index (χ1n) is 7.73. The van der Waals surface area contributed by atoms with Gasteiger partial charge in [-0.15, -0.1) is 0 Å². The van der Waals surface area contributed by atoms with Crippen LogP contribution in [0.1, 0.15) is 51.0 Å². The van der Waals surface area contributed by atoms with Crippen LogP contribution in [0.2, 0.25) is 0 Å². The van der Waals surface area contributed by atoms with Crippen molar-refractivity contribution in [3.63, 3.8) is 0 Å². The third kappa shape index (κ3) is 3.58. The second-order valence-corrected chi connectivity index (χ2v) is 5.72. The molecule has 1 N–H and O–H groups in total. The molecule has 1 unspecified atom stereocenters. The van der Waals surface area contributed by atoms with E-state index in [1.165, 1.54) is 18.9 Å². The summed E-state index contributed by atoms with van der Waals surface area (Å²) in [6.07, 6.45) is 5.97. The van der Waals surface area contributed by atoms with Crippen LogP contribution in [-0.4, -0.2) is 23.4 Å². The van der Waals surface area contributed by atoms with E-state index in [0.717, 1.165) is 25.7 Å². The summed E-state index contributed by atoms with van der Waals surface area (Å²) in [6, 6.07) is 6.68. The summed E-state index contributed by atoms with van der Waals surface area (Å²) in [5.74, 6) is -0.244. The number of halogens is 1. The van der Waals surface area contributed by atoms with E-state index in [1.54, 1.807) is 12.1 Å². The first kappa shape index (κ1) is 15.5. The van der Waals surface area contributed by atoms with Gasteiger partial charge in [0.1, 0.15) is 5.82 Å². The Morgan fingerprint density at radius 2 is 1.85 bits per heavy atom. The predicted molar refractivity (Wildman–Crippen MR) is 78.2 cm³/mol. The monoisotopic (exact) mass is 280 g/mol. The van der Waals surface area contributed by atoms with Gasteiger partial charge >= 0.3 is 0 Å². The zero-order valence-electron chi connectivity index (χ0n) is 12.3. The summed E-state index contributed by atoms with van der Waals surface area (Å²) < 4.78 is 19.7. The second-order valence-electron chi connectivity index (χ2n) is 5.72. The van der Waals surface area contributed by atoms with Crippen LogP contribution < -0.4 is 0 Å². The Bertz CT molecular complexity index is 411. The lowest BCUT2D eigenvalue weighted by Crippen LogP contribution is -2.46. The SMILES string of the molecule is CCOC1(C(O)Cc2ccccc2F)CCCCCC1. The minimum absolute atomic E-state index is 0.244. The average molecular weight is 280 g/mol. The van der Waals surface area contributed by atoms with Crippen molar-refractivity contribution in [3.8, 4) is 0 Å². The van der Waals surface area contributed by atoms with Gasteiger partial charge in [0.15, 0.2) is 0 Å². The molecule has 1 aliphatic carbocycles. The number of aliphatic hydroxyl groups is 1. The molecule has 0 radical (unpaired) electrons. The Hall–Kier alpha value is -0.930. The van der Waals surface area contributed by atoms with Crippen LogP contribution in [-0.2, 0) is 11.2 Å². The third-order valence-electron chi connectivity index (χ3n) is 4.36. The Morgan fingerprint density at radius 3 is 2.45 bits per heavy atom. The Balaban J connectivity index is 2.14. The summed E-state index contributed by atoms with van der Waals surface area (Å²) in [4.78, 5) is 0. The highest BCUT2D eigenvalue weighted by Gasteiger charge is 2.39. The number of hydrogen-bond donors (Lipinski definition) is 1. The van der Waals surface area contributed by atoms with E-state index in [9.17, 15) is 9.50 Å². The molecule has 0 amide bonds. The summed E-state index contributed by atoms with van der Waals surface area (Å²) in [5, 5.41) is 10.7. The molecule has 1 aliphatic rings. The molecule has 1 aromatic rings. The minimum Gasteiger partial charge on any atom is -0.390 e. The standard InChI is InChI=1S/C17H25FO2/c1-2-20-17(11-7-3-4-8-12-17)16(19)13-14-9-5-6-10-15(14)18/h5-6,9-10,16,19H,2-4,7-8,11-13H2,1H3. The van der Waals surface area contributed by atoms with Crippen molar-refractivity contribution in [2.24, 2.45) is 0 Å². The first-order valence-corrected chi connectivity index (χ1v) is 7.73. The highest BCUT2D eigenvalue weighted by molar-refractivity contribution is 5.19. The van der Waals surface area contributed by atoms with E-state index >= 15 is 0 Å². The number of hydrogen-bond acceptors (Lipinski definition) is 2. The van der Waals surface area contributed by atoms with Crippen molar-refractivity contribution >= 4 is 0 Å². The van der Waals surface area contributed by atoms with Crippen LogP contribution in [0.25, 0.3) is 0 Å². The first-order chi connectivity index (χ1) is 9.68. The lowest BCUT2D eigenvalue weighted by atomic mass is 9.84. The number of ether oxygens (including phenoxy) is 1. The Labute approximate surface area is 121 Å². The maximum absolute atomic E-state index is 13.8. The normalized spacial score (nSPS) is 20.4. The summed E-state index contributed by atoms with van der Waals surface area (Å²) in [5.41, 5.74) is 0.0800. The molecule has 0 aromatic heterocycles. The van der Waals surface area contributed by atoms with Crippen molar-refractivity contribution in [2.45, 2.75) is 63.6 Å². The van der Waals surface area contributed by atoms with Crippen LogP contribution in [0.5, 0.6) is 0 Å². The van der Waals surface area contributed by atoms with Gasteiger partial charge in [0.2, 0.25) is 0 Å². The van der Waals surface area contributed by atoms with Crippen LogP contribution in [0.3, 0.4) is 0 Å². The summed E-state index contributed by atoms with van der Waals surface area (Å²) in [6.45, 7) is 2.55. The largest absolute Gasteiger partial charge is 0.390 e. The van der Waals surface area contributed by atoms with Gasteiger partial charge < -0.3 is 9.84 Å². The molecule has 1 aromatic carbocycles. The van der Waals surface area contributed by atoms with Crippen molar-refractivity contribution in [1.82, 2.24) is 0 Å². The van der Waals surface area contributed by atoms with Crippen molar-refractivity contribution in [2.75, 3.05) is 6.61 Å². The second kappa shape index (κ2) is 7.19. The molecular weight excluding hydrogens is 255 g/mol. The fourth-order valence-corrected chi connectivity index (χ4v) is 3.25. The molecule has 112 valence electrons. The molecule has 0 aliphatic heterocycles. The quantitative estimate of drug-likeness (QED) is 0.830. The van der Waals surface area contributed by atoms with Crippen molar-refractivity contribution < 1.29 is 14.2 Å². The highest BCUT2D eigenvalue weighted by Crippen LogP contribution is 2.35. The lowest BCUT2D eigenvalue weighted by Gasteiger charge is -2.37.